The Hall–Kier alpha value is -4.85. The number of ether oxygens (including phenoxy) is 4. The minimum Gasteiger partial charge on any atom is -0.494 e. The molecule has 278 valence electrons. The molecule has 13 nitrogen and oxygen atoms in total. The predicted octanol–water partition coefficient (Wildman–Crippen LogP) is 5.54. The summed E-state index contributed by atoms with van der Waals surface area (Å²) in [5, 5.41) is 14.6. The van der Waals surface area contributed by atoms with Crippen molar-refractivity contribution in [3.8, 4) is 17.1 Å². The summed E-state index contributed by atoms with van der Waals surface area (Å²) < 4.78 is 21.3. The van der Waals surface area contributed by atoms with E-state index in [4.69, 9.17) is 19.2 Å². The number of piperidine rings is 1. The van der Waals surface area contributed by atoms with Crippen LogP contribution in [0.4, 0.5) is 5.69 Å². The summed E-state index contributed by atoms with van der Waals surface area (Å²) in [6.45, 7) is 6.13. The number of nitrogens with one attached hydrogen (secondary N) is 3. The molecular weight excluding hydrogens is 662 g/mol. The maximum Gasteiger partial charge on any atom is 0.331 e. The zero-order valence-electron chi connectivity index (χ0n) is 30.4. The molecule has 1 saturated heterocycles. The fourth-order valence-electron chi connectivity index (χ4n) is 6.01. The van der Waals surface area contributed by atoms with Crippen LogP contribution >= 0.6 is 0 Å². The molecule has 13 heteroatoms. The molecule has 0 spiro atoms. The summed E-state index contributed by atoms with van der Waals surface area (Å²) in [4.78, 5) is 35.7. The first-order chi connectivity index (χ1) is 25.3. The number of H-pyrrole nitrogens is 1. The maximum absolute atomic E-state index is 13.4. The largest absolute Gasteiger partial charge is 0.494 e. The molecule has 4 aromatic rings. The number of pyridine rings is 1. The first kappa shape index (κ1) is 38.4. The van der Waals surface area contributed by atoms with E-state index in [1.807, 2.05) is 67.6 Å². The Morgan fingerprint density at radius 3 is 2.42 bits per heavy atom. The van der Waals surface area contributed by atoms with Gasteiger partial charge in [-0.2, -0.15) is 5.10 Å². The van der Waals surface area contributed by atoms with E-state index < -0.39 is 5.54 Å². The van der Waals surface area contributed by atoms with Gasteiger partial charge in [0.1, 0.15) is 12.4 Å². The molecule has 2 aromatic heterocycles. The third-order valence-electron chi connectivity index (χ3n) is 9.18. The summed E-state index contributed by atoms with van der Waals surface area (Å²) in [6.07, 6.45) is 8.75. The molecule has 3 heterocycles. The van der Waals surface area contributed by atoms with Gasteiger partial charge in [-0.05, 0) is 101 Å². The molecule has 0 bridgehead atoms. The lowest BCUT2D eigenvalue weighted by atomic mass is 9.86. The smallest absolute Gasteiger partial charge is 0.331 e. The van der Waals surface area contributed by atoms with Crippen LogP contribution in [0.15, 0.2) is 73.1 Å². The molecule has 1 aliphatic heterocycles. The molecule has 1 atom stereocenters. The van der Waals surface area contributed by atoms with Crippen molar-refractivity contribution < 1.29 is 28.5 Å². The molecule has 1 aliphatic rings. The van der Waals surface area contributed by atoms with Crippen LogP contribution < -0.4 is 15.4 Å². The summed E-state index contributed by atoms with van der Waals surface area (Å²) in [6, 6.07) is 19.1. The fraction of sp³-hybridized carbons (Fsp3) is 0.462. The van der Waals surface area contributed by atoms with Crippen molar-refractivity contribution in [2.75, 3.05) is 65.6 Å². The standard InChI is InChI=1S/C39H51N7O6/c1-29(30-11-13-34(14-12-30)52-26-6-4-5-23-50-24-8-25-51-28-35(47)49-3)41-37(48)32-9-7-10-33(27-32)43-39(17-21-46(2)22-18-39)38-42-36(44-45-38)31-15-19-40-20-16-31/h7,9-16,19-20,27,29,43H,4-6,8,17-18,21-26,28H2,1-3H3,(H,41,48)(H,42,44,45). The number of rotatable bonds is 20. The van der Waals surface area contributed by atoms with E-state index in [0.717, 1.165) is 80.0 Å². The third-order valence-corrected chi connectivity index (χ3v) is 9.18. The first-order valence-corrected chi connectivity index (χ1v) is 18.0. The number of carbonyl (C=O) groups is 2. The third kappa shape index (κ3) is 11.3. The number of aromatic amines is 1. The van der Waals surface area contributed by atoms with Crippen molar-refractivity contribution in [3.05, 3.63) is 90.0 Å². The van der Waals surface area contributed by atoms with Crippen molar-refractivity contribution in [2.45, 2.75) is 57.0 Å². The molecule has 52 heavy (non-hydrogen) atoms. The molecular formula is C39H51N7O6. The number of likely N-dealkylation sites (tertiary alicyclic amines) is 1. The van der Waals surface area contributed by atoms with Gasteiger partial charge in [-0.3, -0.25) is 14.9 Å². The predicted molar refractivity (Wildman–Crippen MR) is 198 cm³/mol. The Balaban J connectivity index is 1.06. The average molecular weight is 714 g/mol. The van der Waals surface area contributed by atoms with Crippen LogP contribution in [0.2, 0.25) is 0 Å². The SMILES string of the molecule is COC(=O)COCCCOCCCCCOc1ccc(C(C)NC(=O)c2cccc(NC3(c4nc(-c5ccncc5)n[nH]4)CCN(C)CC3)c2)cc1. The lowest BCUT2D eigenvalue weighted by Crippen LogP contribution is -2.46. The molecule has 2 aromatic carbocycles. The van der Waals surface area contributed by atoms with E-state index in [9.17, 15) is 9.59 Å². The van der Waals surface area contributed by atoms with Crippen LogP contribution in [0.1, 0.15) is 73.2 Å². The Morgan fingerprint density at radius 1 is 0.923 bits per heavy atom. The van der Waals surface area contributed by atoms with E-state index >= 15 is 0 Å². The summed E-state index contributed by atoms with van der Waals surface area (Å²) in [5.41, 5.74) is 2.85. The van der Waals surface area contributed by atoms with Gasteiger partial charge in [0.25, 0.3) is 5.91 Å². The van der Waals surface area contributed by atoms with E-state index in [0.29, 0.717) is 37.8 Å². The number of hydrogen-bond donors (Lipinski definition) is 3. The van der Waals surface area contributed by atoms with Crippen LogP contribution in [0.25, 0.3) is 11.4 Å². The van der Waals surface area contributed by atoms with Crippen molar-refractivity contribution in [1.29, 1.82) is 0 Å². The average Bonchev–Trinajstić information content (AvgIpc) is 3.68. The number of anilines is 1. The second kappa shape index (κ2) is 19.7. The highest BCUT2D eigenvalue weighted by atomic mass is 16.6. The van der Waals surface area contributed by atoms with Crippen LogP contribution in [0.3, 0.4) is 0 Å². The molecule has 1 fully saturated rings. The minimum atomic E-state index is -0.462. The van der Waals surface area contributed by atoms with E-state index in [1.54, 1.807) is 12.4 Å². The normalized spacial score (nSPS) is 14.8. The van der Waals surface area contributed by atoms with Crippen LogP contribution in [0.5, 0.6) is 5.75 Å². The van der Waals surface area contributed by atoms with Gasteiger partial charge in [-0.25, -0.2) is 9.78 Å². The van der Waals surface area contributed by atoms with Gasteiger partial charge in [0.15, 0.2) is 11.6 Å². The van der Waals surface area contributed by atoms with Gasteiger partial charge in [-0.1, -0.05) is 18.2 Å². The van der Waals surface area contributed by atoms with Crippen LogP contribution in [-0.2, 0) is 24.5 Å². The molecule has 0 radical (unpaired) electrons. The number of esters is 1. The molecule has 5 rings (SSSR count). The van der Waals surface area contributed by atoms with E-state index in [-0.39, 0.29) is 24.5 Å². The monoisotopic (exact) mass is 713 g/mol. The van der Waals surface area contributed by atoms with Crippen molar-refractivity contribution >= 4 is 17.6 Å². The quantitative estimate of drug-likeness (QED) is 0.0783. The number of nitrogens with zero attached hydrogens (tertiary/aromatic N) is 4. The number of hydrogen-bond acceptors (Lipinski definition) is 11. The Kier molecular flexibility index (Phi) is 14.5. The molecule has 0 saturated carbocycles. The highest BCUT2D eigenvalue weighted by Gasteiger charge is 2.39. The lowest BCUT2D eigenvalue weighted by molar-refractivity contribution is -0.146. The van der Waals surface area contributed by atoms with Gasteiger partial charge < -0.3 is 34.5 Å². The summed E-state index contributed by atoms with van der Waals surface area (Å²) >= 11 is 0. The van der Waals surface area contributed by atoms with Gasteiger partial charge in [-0.15, -0.1) is 0 Å². The minimum absolute atomic E-state index is 0.0233. The second-order valence-corrected chi connectivity index (χ2v) is 13.1. The summed E-state index contributed by atoms with van der Waals surface area (Å²) in [7, 11) is 3.47. The Labute approximate surface area is 305 Å². The zero-order chi connectivity index (χ0) is 36.6. The molecule has 3 N–H and O–H groups in total. The first-order valence-electron chi connectivity index (χ1n) is 18.0. The fourth-order valence-corrected chi connectivity index (χ4v) is 6.01. The van der Waals surface area contributed by atoms with Crippen LogP contribution in [0, 0.1) is 0 Å². The second-order valence-electron chi connectivity index (χ2n) is 13.1. The Morgan fingerprint density at radius 2 is 1.65 bits per heavy atom. The lowest BCUT2D eigenvalue weighted by Gasteiger charge is -2.40. The highest BCUT2D eigenvalue weighted by molar-refractivity contribution is 5.95. The number of unbranched alkanes of at least 4 members (excludes halogenated alkanes) is 2. The highest BCUT2D eigenvalue weighted by Crippen LogP contribution is 2.35. The van der Waals surface area contributed by atoms with Crippen molar-refractivity contribution in [1.82, 2.24) is 30.4 Å². The Bertz CT molecular complexity index is 1680. The number of carbonyl (C=O) groups excluding carboxylic acids is 2. The number of amides is 1. The number of methoxy groups -OCH3 is 1. The molecule has 0 aliphatic carbocycles. The molecule has 1 unspecified atom stereocenters. The van der Waals surface area contributed by atoms with Gasteiger partial charge in [0.05, 0.1) is 25.3 Å². The van der Waals surface area contributed by atoms with Crippen LogP contribution in [-0.4, -0.2) is 97.2 Å². The van der Waals surface area contributed by atoms with Gasteiger partial charge in [0.2, 0.25) is 0 Å². The van der Waals surface area contributed by atoms with Crippen molar-refractivity contribution in [3.63, 3.8) is 0 Å². The molecule has 1 amide bonds. The summed E-state index contributed by atoms with van der Waals surface area (Å²) in [5.74, 6) is 1.69. The topological polar surface area (TPSA) is 153 Å². The van der Waals surface area contributed by atoms with E-state index in [1.165, 1.54) is 7.11 Å². The van der Waals surface area contributed by atoms with Gasteiger partial charge in [0, 0.05) is 62.1 Å². The maximum atomic E-state index is 13.4. The van der Waals surface area contributed by atoms with Gasteiger partial charge >= 0.3 is 5.97 Å². The number of benzene rings is 2. The number of aromatic nitrogens is 4. The van der Waals surface area contributed by atoms with E-state index in [2.05, 4.69) is 42.5 Å². The zero-order valence-corrected chi connectivity index (χ0v) is 30.4. The van der Waals surface area contributed by atoms with Crippen molar-refractivity contribution in [2.24, 2.45) is 0 Å².